The zero-order chi connectivity index (χ0) is 22.4. The van der Waals surface area contributed by atoms with Crippen molar-refractivity contribution in [3.05, 3.63) is 57.9 Å². The van der Waals surface area contributed by atoms with E-state index < -0.39 is 5.83 Å². The third-order valence-electron chi connectivity index (χ3n) is 6.24. The number of benzene rings is 1. The lowest BCUT2D eigenvalue weighted by atomic mass is 9.96. The molecule has 3 aliphatic heterocycles. The van der Waals surface area contributed by atoms with Crippen LogP contribution in [0.1, 0.15) is 25.8 Å². The van der Waals surface area contributed by atoms with E-state index in [9.17, 15) is 14.0 Å². The molecule has 32 heavy (non-hydrogen) atoms. The summed E-state index contributed by atoms with van der Waals surface area (Å²) in [6, 6.07) is 6.73. The number of piperazine rings is 1. The van der Waals surface area contributed by atoms with Crippen LogP contribution in [-0.2, 0) is 20.7 Å². The molecule has 5 rings (SSSR count). The molecule has 1 aromatic carbocycles. The highest BCUT2D eigenvalue weighted by Gasteiger charge is 2.46. The molecule has 0 radical (unpaired) electrons. The number of rotatable bonds is 4. The fraction of sp³-hybridized carbons (Fsp3) is 0.417. The molecule has 1 aromatic rings. The first-order valence-electron chi connectivity index (χ1n) is 11.0. The van der Waals surface area contributed by atoms with Crippen LogP contribution in [0, 0.1) is 0 Å². The van der Waals surface area contributed by atoms with Gasteiger partial charge in [0.1, 0.15) is 11.2 Å². The van der Waals surface area contributed by atoms with E-state index in [1.807, 2.05) is 4.90 Å². The minimum Gasteiger partial charge on any atom is -0.463 e. The lowest BCUT2D eigenvalue weighted by Crippen LogP contribution is -2.49. The molecule has 0 saturated carbocycles. The number of esters is 1. The van der Waals surface area contributed by atoms with E-state index in [2.05, 4.69) is 35.3 Å². The van der Waals surface area contributed by atoms with Crippen LogP contribution in [0.25, 0.3) is 0 Å². The van der Waals surface area contributed by atoms with E-state index in [0.29, 0.717) is 30.2 Å². The Balaban J connectivity index is 1.53. The van der Waals surface area contributed by atoms with E-state index in [-0.39, 0.29) is 23.5 Å². The third kappa shape index (κ3) is 3.65. The van der Waals surface area contributed by atoms with Crippen LogP contribution < -0.4 is 15.1 Å². The summed E-state index contributed by atoms with van der Waals surface area (Å²) in [6.07, 6.45) is 3.44. The minimum atomic E-state index is -0.491. The summed E-state index contributed by atoms with van der Waals surface area (Å²) in [4.78, 5) is 28.7. The van der Waals surface area contributed by atoms with Crippen molar-refractivity contribution in [3.63, 3.8) is 0 Å². The van der Waals surface area contributed by atoms with Gasteiger partial charge in [-0.05, 0) is 31.5 Å². The Morgan fingerprint density at radius 3 is 2.97 bits per heavy atom. The van der Waals surface area contributed by atoms with Crippen molar-refractivity contribution in [1.29, 1.82) is 0 Å². The summed E-state index contributed by atoms with van der Waals surface area (Å²) in [6.45, 7) is 7.03. The van der Waals surface area contributed by atoms with Gasteiger partial charge in [0, 0.05) is 61.5 Å². The molecule has 2 atom stereocenters. The number of hydrogen-bond acceptors (Lipinski definition) is 7. The van der Waals surface area contributed by atoms with Gasteiger partial charge in [0.2, 0.25) is 0 Å². The maximum absolute atomic E-state index is 14.7. The smallest absolute Gasteiger partial charge is 0.337 e. The predicted molar refractivity (Wildman–Crippen MR) is 124 cm³/mol. The largest absolute Gasteiger partial charge is 0.463 e. The molecule has 0 bridgehead atoms. The number of ether oxygens (including phenoxy) is 1. The third-order valence-corrected chi connectivity index (χ3v) is 7.59. The van der Waals surface area contributed by atoms with E-state index in [4.69, 9.17) is 4.74 Å². The number of allylic oxidation sites excluding steroid dienone is 2. The van der Waals surface area contributed by atoms with E-state index in [0.717, 1.165) is 47.7 Å². The molecular formula is C24H26FN3O3S. The van der Waals surface area contributed by atoms with Gasteiger partial charge in [0.05, 0.1) is 17.2 Å². The van der Waals surface area contributed by atoms with Crippen molar-refractivity contribution < 1.29 is 18.7 Å². The molecule has 1 N–H and O–H groups in total. The SMILES string of the molecule is CCOC(=O)C1=C2SC(C3=CCC(=O)C=C3F)N2c2cc(N3CCNC(C)C3)ccc2C1. The van der Waals surface area contributed by atoms with Crippen LogP contribution in [-0.4, -0.2) is 49.4 Å². The summed E-state index contributed by atoms with van der Waals surface area (Å²) in [5, 5.41) is 3.97. The fourth-order valence-corrected chi connectivity index (χ4v) is 6.00. The van der Waals surface area contributed by atoms with Crippen LogP contribution in [0.15, 0.2) is 52.4 Å². The van der Waals surface area contributed by atoms with Gasteiger partial charge in [-0.25, -0.2) is 9.18 Å². The molecule has 0 amide bonds. The Labute approximate surface area is 191 Å². The van der Waals surface area contributed by atoms with Crippen LogP contribution in [0.2, 0.25) is 0 Å². The first kappa shape index (κ1) is 21.3. The number of halogens is 1. The van der Waals surface area contributed by atoms with E-state index in [1.54, 1.807) is 13.0 Å². The lowest BCUT2D eigenvalue weighted by Gasteiger charge is -2.49. The topological polar surface area (TPSA) is 61.9 Å². The molecule has 8 heteroatoms. The number of fused-ring (bicyclic) bond motifs is 3. The Morgan fingerprint density at radius 2 is 2.22 bits per heavy atom. The van der Waals surface area contributed by atoms with Gasteiger partial charge in [-0.3, -0.25) is 4.79 Å². The van der Waals surface area contributed by atoms with Gasteiger partial charge in [-0.15, -0.1) is 0 Å². The van der Waals surface area contributed by atoms with Gasteiger partial charge in [0.25, 0.3) is 0 Å². The van der Waals surface area contributed by atoms with Crippen LogP contribution in [0.4, 0.5) is 15.8 Å². The summed E-state index contributed by atoms with van der Waals surface area (Å²) in [5.74, 6) is -1.05. The molecule has 2 unspecified atom stereocenters. The quantitative estimate of drug-likeness (QED) is 0.698. The second-order valence-electron chi connectivity index (χ2n) is 8.46. The maximum atomic E-state index is 14.7. The second kappa shape index (κ2) is 8.41. The number of thioether (sulfide) groups is 1. The molecule has 2 fully saturated rings. The average molecular weight is 456 g/mol. The normalized spacial score (nSPS) is 24.9. The number of nitrogens with zero attached hydrogens (tertiary/aromatic N) is 2. The highest BCUT2D eigenvalue weighted by molar-refractivity contribution is 8.05. The van der Waals surface area contributed by atoms with E-state index in [1.165, 1.54) is 11.8 Å². The summed E-state index contributed by atoms with van der Waals surface area (Å²) in [7, 11) is 0. The number of hydrogen-bond donors (Lipinski definition) is 1. The van der Waals surface area contributed by atoms with Crippen molar-refractivity contribution in [2.24, 2.45) is 0 Å². The molecule has 6 nitrogen and oxygen atoms in total. The molecule has 168 valence electrons. The standard InChI is InChI=1S/C24H26FN3O3S/c1-3-31-24(30)19-10-15-4-5-16(27-9-8-26-14(2)13-27)11-21(15)28-22(32-23(19)28)18-7-6-17(29)12-20(18)25/h4-5,7,11-12,14,22,26H,3,6,8-10,13H2,1-2H3. The molecule has 0 spiro atoms. The van der Waals surface area contributed by atoms with Gasteiger partial charge in [-0.2, -0.15) is 0 Å². The average Bonchev–Trinajstić information content (AvgIpc) is 2.74. The van der Waals surface area contributed by atoms with Crippen molar-refractivity contribution in [2.75, 3.05) is 36.0 Å². The summed E-state index contributed by atoms with van der Waals surface area (Å²) < 4.78 is 20.0. The highest BCUT2D eigenvalue weighted by Crippen LogP contribution is 2.55. The summed E-state index contributed by atoms with van der Waals surface area (Å²) >= 11 is 1.46. The number of carbonyl (C=O) groups excluding carboxylic acids is 2. The Bertz CT molecular complexity index is 1080. The first-order chi connectivity index (χ1) is 15.5. The second-order valence-corrected chi connectivity index (χ2v) is 9.53. The molecule has 4 aliphatic rings. The number of anilines is 2. The molecular weight excluding hydrogens is 429 g/mol. The zero-order valence-electron chi connectivity index (χ0n) is 18.2. The summed E-state index contributed by atoms with van der Waals surface area (Å²) in [5.41, 5.74) is 4.24. The Morgan fingerprint density at radius 1 is 1.38 bits per heavy atom. The molecule has 1 aliphatic carbocycles. The maximum Gasteiger partial charge on any atom is 0.337 e. The monoisotopic (exact) mass is 455 g/mol. The van der Waals surface area contributed by atoms with Gasteiger partial charge in [-0.1, -0.05) is 23.9 Å². The lowest BCUT2D eigenvalue weighted by molar-refractivity contribution is -0.138. The van der Waals surface area contributed by atoms with Gasteiger partial charge < -0.3 is 19.9 Å². The number of carbonyl (C=O) groups is 2. The highest BCUT2D eigenvalue weighted by atomic mass is 32.2. The van der Waals surface area contributed by atoms with Gasteiger partial charge in [0.15, 0.2) is 5.78 Å². The van der Waals surface area contributed by atoms with Crippen molar-refractivity contribution in [3.8, 4) is 0 Å². The van der Waals surface area contributed by atoms with Crippen LogP contribution in [0.5, 0.6) is 0 Å². The van der Waals surface area contributed by atoms with Crippen molar-refractivity contribution in [2.45, 2.75) is 38.1 Å². The predicted octanol–water partition coefficient (Wildman–Crippen LogP) is 3.45. The molecule has 3 heterocycles. The molecule has 2 saturated heterocycles. The van der Waals surface area contributed by atoms with Gasteiger partial charge >= 0.3 is 5.97 Å². The van der Waals surface area contributed by atoms with Crippen molar-refractivity contribution >= 4 is 34.9 Å². The van der Waals surface area contributed by atoms with Crippen molar-refractivity contribution in [1.82, 2.24) is 5.32 Å². The zero-order valence-corrected chi connectivity index (χ0v) is 19.0. The van der Waals surface area contributed by atoms with Crippen LogP contribution >= 0.6 is 11.8 Å². The Hall–Kier alpha value is -2.58. The fourth-order valence-electron chi connectivity index (χ4n) is 4.67. The minimum absolute atomic E-state index is 0.197. The molecule has 0 aromatic heterocycles. The number of ketones is 1. The Kier molecular flexibility index (Phi) is 5.59. The van der Waals surface area contributed by atoms with Crippen LogP contribution in [0.3, 0.4) is 0 Å². The first-order valence-corrected chi connectivity index (χ1v) is 11.9. The number of nitrogens with one attached hydrogen (secondary N) is 1. The van der Waals surface area contributed by atoms with E-state index >= 15 is 0 Å².